The van der Waals surface area contributed by atoms with Crippen LogP contribution < -0.4 is 0 Å². The van der Waals surface area contributed by atoms with E-state index in [2.05, 4.69) is 42.1 Å². The van der Waals surface area contributed by atoms with Gasteiger partial charge < -0.3 is 0 Å². The van der Waals surface area contributed by atoms with Gasteiger partial charge in [-0.05, 0) is 0 Å². The third-order valence-corrected chi connectivity index (χ3v) is 2.99. The molecule has 0 unspecified atom stereocenters. The molecule has 0 fully saturated rings. The number of fused-ring (bicyclic) bond motifs is 1. The highest BCUT2D eigenvalue weighted by Crippen LogP contribution is 2.24. The predicted octanol–water partition coefficient (Wildman–Crippen LogP) is 3.02. The molecule has 0 saturated heterocycles. The Morgan fingerprint density at radius 2 is 1.83 bits per heavy atom. The number of nitrogens with one attached hydrogen (secondary N) is 1. The minimum Gasteiger partial charge on any atom is -0.259 e. The first kappa shape index (κ1) is 11.0. The lowest BCUT2D eigenvalue weighted by atomic mass is 9.93. The molecule has 3 aromatic rings. The molecule has 1 aromatic carbocycles. The van der Waals surface area contributed by atoms with Gasteiger partial charge in [-0.25, -0.2) is 0 Å². The molecule has 4 heteroatoms. The summed E-state index contributed by atoms with van der Waals surface area (Å²) in [6.45, 7) is 6.47. The highest BCUT2D eigenvalue weighted by molar-refractivity contribution is 5.59. The van der Waals surface area contributed by atoms with E-state index in [4.69, 9.17) is 0 Å². The Kier molecular flexibility index (Phi) is 2.26. The highest BCUT2D eigenvalue weighted by atomic mass is 15.4. The third-order valence-electron chi connectivity index (χ3n) is 2.99. The normalized spacial score (nSPS) is 12.2. The fourth-order valence-corrected chi connectivity index (χ4v) is 1.92. The lowest BCUT2D eigenvalue weighted by Crippen LogP contribution is -2.12. The van der Waals surface area contributed by atoms with Crippen molar-refractivity contribution >= 4 is 5.65 Å². The Hall–Kier alpha value is -2.10. The molecule has 0 aliphatic carbocycles. The summed E-state index contributed by atoms with van der Waals surface area (Å²) in [6, 6.07) is 12.1. The van der Waals surface area contributed by atoms with Crippen LogP contribution in [0.3, 0.4) is 0 Å². The molecule has 2 aromatic heterocycles. The second-order valence-electron chi connectivity index (χ2n) is 5.49. The van der Waals surface area contributed by atoms with E-state index in [9.17, 15) is 0 Å². The van der Waals surface area contributed by atoms with Gasteiger partial charge in [-0.1, -0.05) is 51.1 Å². The molecule has 0 amide bonds. The smallest absolute Gasteiger partial charge is 0.182 e. The van der Waals surface area contributed by atoms with Gasteiger partial charge in [0.2, 0.25) is 0 Å². The molecule has 0 aliphatic rings. The van der Waals surface area contributed by atoms with Crippen molar-refractivity contribution in [3.05, 3.63) is 42.1 Å². The van der Waals surface area contributed by atoms with Gasteiger partial charge >= 0.3 is 0 Å². The van der Waals surface area contributed by atoms with Crippen LogP contribution in [0.25, 0.3) is 17.0 Å². The number of rotatable bonds is 1. The first-order valence-corrected chi connectivity index (χ1v) is 6.06. The van der Waals surface area contributed by atoms with Crippen LogP contribution in [0.5, 0.6) is 0 Å². The van der Waals surface area contributed by atoms with Crippen LogP contribution in [0, 0.1) is 0 Å². The minimum atomic E-state index is 0.0425. The van der Waals surface area contributed by atoms with Gasteiger partial charge in [-0.2, -0.15) is 14.7 Å². The van der Waals surface area contributed by atoms with Crippen molar-refractivity contribution in [3.8, 4) is 11.4 Å². The molecule has 0 radical (unpaired) electrons. The Bertz CT molecular complexity index is 671. The summed E-state index contributed by atoms with van der Waals surface area (Å²) in [4.78, 5) is 0. The fourth-order valence-electron chi connectivity index (χ4n) is 1.92. The van der Waals surface area contributed by atoms with E-state index in [-0.39, 0.29) is 5.41 Å². The number of benzene rings is 1. The Labute approximate surface area is 106 Å². The summed E-state index contributed by atoms with van der Waals surface area (Å²) >= 11 is 0. The van der Waals surface area contributed by atoms with Crippen LogP contribution in [0.2, 0.25) is 0 Å². The Morgan fingerprint density at radius 3 is 2.50 bits per heavy atom. The first-order valence-electron chi connectivity index (χ1n) is 6.06. The van der Waals surface area contributed by atoms with Crippen molar-refractivity contribution in [2.45, 2.75) is 26.2 Å². The molecule has 92 valence electrons. The summed E-state index contributed by atoms with van der Waals surface area (Å²) in [5, 5.41) is 12.0. The van der Waals surface area contributed by atoms with Gasteiger partial charge in [0.25, 0.3) is 0 Å². The molecule has 1 N–H and O–H groups in total. The average Bonchev–Trinajstić information content (AvgIpc) is 2.88. The van der Waals surface area contributed by atoms with E-state index in [1.54, 1.807) is 0 Å². The molecule has 0 spiro atoms. The largest absolute Gasteiger partial charge is 0.259 e. The van der Waals surface area contributed by atoms with E-state index in [0.717, 1.165) is 22.7 Å². The lowest BCUT2D eigenvalue weighted by Gasteiger charge is -2.13. The zero-order valence-electron chi connectivity index (χ0n) is 10.8. The Morgan fingerprint density at radius 1 is 1.11 bits per heavy atom. The Balaban J connectivity index is 2.18. The number of aromatic nitrogens is 4. The van der Waals surface area contributed by atoms with Crippen LogP contribution in [0.15, 0.2) is 36.4 Å². The standard InChI is InChI=1S/C14H16N4/c1-14(2,3)11-9-12-15-16-13(18(12)17-11)10-7-5-4-6-8-10/h4-9,15H,1-3H3. The number of H-pyrrole nitrogens is 1. The fraction of sp³-hybridized carbons (Fsp3) is 0.286. The van der Waals surface area contributed by atoms with Gasteiger partial charge in [0, 0.05) is 17.0 Å². The molecule has 0 saturated carbocycles. The molecule has 0 atom stereocenters. The number of nitrogens with zero attached hydrogens (tertiary/aromatic N) is 3. The molecule has 18 heavy (non-hydrogen) atoms. The van der Waals surface area contributed by atoms with Gasteiger partial charge in [0.15, 0.2) is 11.5 Å². The van der Waals surface area contributed by atoms with Crippen LogP contribution in [0.1, 0.15) is 26.5 Å². The SMILES string of the molecule is CC(C)(C)c1cc2[nH]nc(-c3ccccc3)n2n1. The van der Waals surface area contributed by atoms with Crippen LogP contribution in [-0.4, -0.2) is 19.8 Å². The average molecular weight is 240 g/mol. The zero-order valence-corrected chi connectivity index (χ0v) is 10.8. The highest BCUT2D eigenvalue weighted by Gasteiger charge is 2.20. The molecular formula is C14H16N4. The van der Waals surface area contributed by atoms with E-state index < -0.39 is 0 Å². The molecule has 2 heterocycles. The summed E-state index contributed by atoms with van der Waals surface area (Å²) in [5.41, 5.74) is 3.10. The summed E-state index contributed by atoms with van der Waals surface area (Å²) < 4.78 is 1.87. The van der Waals surface area contributed by atoms with E-state index >= 15 is 0 Å². The van der Waals surface area contributed by atoms with Crippen molar-refractivity contribution in [2.75, 3.05) is 0 Å². The van der Waals surface area contributed by atoms with Crippen molar-refractivity contribution < 1.29 is 0 Å². The minimum absolute atomic E-state index is 0.0425. The van der Waals surface area contributed by atoms with Crippen molar-refractivity contribution in [2.24, 2.45) is 0 Å². The van der Waals surface area contributed by atoms with Crippen LogP contribution in [-0.2, 0) is 5.41 Å². The maximum atomic E-state index is 4.64. The topological polar surface area (TPSA) is 46.0 Å². The second-order valence-corrected chi connectivity index (χ2v) is 5.49. The van der Waals surface area contributed by atoms with Gasteiger partial charge in [-0.3, -0.25) is 5.10 Å². The third kappa shape index (κ3) is 1.70. The summed E-state index contributed by atoms with van der Waals surface area (Å²) in [7, 11) is 0. The van der Waals surface area contributed by atoms with Crippen molar-refractivity contribution in [3.63, 3.8) is 0 Å². The maximum Gasteiger partial charge on any atom is 0.182 e. The monoisotopic (exact) mass is 240 g/mol. The van der Waals surface area contributed by atoms with Crippen LogP contribution in [0.4, 0.5) is 0 Å². The lowest BCUT2D eigenvalue weighted by molar-refractivity contribution is 0.563. The molecule has 0 aliphatic heterocycles. The van der Waals surface area contributed by atoms with Gasteiger partial charge in [-0.15, -0.1) is 0 Å². The second kappa shape index (κ2) is 3.70. The van der Waals surface area contributed by atoms with E-state index in [1.807, 2.05) is 34.8 Å². The summed E-state index contributed by atoms with van der Waals surface area (Å²) in [5.74, 6) is 0.848. The number of aromatic amines is 1. The van der Waals surface area contributed by atoms with Gasteiger partial charge in [0.05, 0.1) is 5.69 Å². The van der Waals surface area contributed by atoms with Gasteiger partial charge in [0.1, 0.15) is 0 Å². The number of hydrogen-bond acceptors (Lipinski definition) is 2. The van der Waals surface area contributed by atoms with E-state index in [0.29, 0.717) is 0 Å². The van der Waals surface area contributed by atoms with Crippen molar-refractivity contribution in [1.29, 1.82) is 0 Å². The quantitative estimate of drug-likeness (QED) is 0.710. The number of hydrogen-bond donors (Lipinski definition) is 1. The predicted molar refractivity (Wildman–Crippen MR) is 71.5 cm³/mol. The molecule has 0 bridgehead atoms. The summed E-state index contributed by atoms with van der Waals surface area (Å²) in [6.07, 6.45) is 0. The molecular weight excluding hydrogens is 224 g/mol. The van der Waals surface area contributed by atoms with E-state index in [1.165, 1.54) is 0 Å². The molecule has 4 nitrogen and oxygen atoms in total. The van der Waals surface area contributed by atoms with Crippen LogP contribution >= 0.6 is 0 Å². The first-order chi connectivity index (χ1) is 8.55. The zero-order chi connectivity index (χ0) is 12.8. The van der Waals surface area contributed by atoms with Crippen molar-refractivity contribution in [1.82, 2.24) is 19.8 Å². The maximum absolute atomic E-state index is 4.64. The molecule has 3 rings (SSSR count).